The summed E-state index contributed by atoms with van der Waals surface area (Å²) >= 11 is 0. The van der Waals surface area contributed by atoms with Gasteiger partial charge >= 0.3 is 0 Å². The minimum absolute atomic E-state index is 0.0520. The number of aromatic nitrogens is 1. The van der Waals surface area contributed by atoms with Crippen LogP contribution in [-0.2, 0) is 22.3 Å². The van der Waals surface area contributed by atoms with Crippen molar-refractivity contribution in [1.82, 2.24) is 14.4 Å². The van der Waals surface area contributed by atoms with E-state index in [1.54, 1.807) is 4.31 Å². The van der Waals surface area contributed by atoms with Crippen LogP contribution in [-0.4, -0.2) is 49.0 Å². The Kier molecular flexibility index (Phi) is 5.57. The van der Waals surface area contributed by atoms with Crippen LogP contribution >= 0.6 is 0 Å². The maximum absolute atomic E-state index is 12.7. The quantitative estimate of drug-likeness (QED) is 0.640. The molecule has 7 heteroatoms. The van der Waals surface area contributed by atoms with Gasteiger partial charge in [-0.15, -0.1) is 0 Å². The number of piperazine rings is 1. The number of sulfonamides is 1. The fourth-order valence-electron chi connectivity index (χ4n) is 3.39. The molecule has 6 nitrogen and oxygen atoms in total. The van der Waals surface area contributed by atoms with E-state index in [0.717, 1.165) is 22.6 Å². The first kappa shape index (κ1) is 18.9. The molecule has 1 fully saturated rings. The molecule has 0 saturated carbocycles. The minimum Gasteiger partial charge on any atom is -0.359 e. The number of hydrogen-bond donors (Lipinski definition) is 0. The van der Waals surface area contributed by atoms with E-state index < -0.39 is 10.0 Å². The van der Waals surface area contributed by atoms with E-state index in [9.17, 15) is 8.42 Å². The van der Waals surface area contributed by atoms with Crippen LogP contribution in [0.3, 0.4) is 0 Å². The van der Waals surface area contributed by atoms with Gasteiger partial charge in [0, 0.05) is 37.8 Å². The summed E-state index contributed by atoms with van der Waals surface area (Å²) in [5.74, 6) is 0.843. The number of rotatable bonds is 6. The molecule has 2 heterocycles. The van der Waals surface area contributed by atoms with Gasteiger partial charge in [0.15, 0.2) is 5.76 Å². The van der Waals surface area contributed by atoms with Crippen molar-refractivity contribution in [2.24, 2.45) is 0 Å². The smallest absolute Gasteiger partial charge is 0.218 e. The Labute approximate surface area is 165 Å². The predicted molar refractivity (Wildman–Crippen MR) is 108 cm³/mol. The molecule has 1 saturated heterocycles. The third kappa shape index (κ3) is 4.49. The zero-order valence-electron chi connectivity index (χ0n) is 15.6. The summed E-state index contributed by atoms with van der Waals surface area (Å²) in [7, 11) is -3.29. The van der Waals surface area contributed by atoms with Crippen molar-refractivity contribution in [3.05, 3.63) is 78.1 Å². The average molecular weight is 398 g/mol. The zero-order valence-corrected chi connectivity index (χ0v) is 16.4. The maximum Gasteiger partial charge on any atom is 0.218 e. The summed E-state index contributed by atoms with van der Waals surface area (Å²) in [4.78, 5) is 2.20. The summed E-state index contributed by atoms with van der Waals surface area (Å²) in [5.41, 5.74) is 2.66. The monoisotopic (exact) mass is 397 g/mol. The van der Waals surface area contributed by atoms with Gasteiger partial charge in [-0.2, -0.15) is 4.31 Å². The molecule has 0 bridgehead atoms. The van der Waals surface area contributed by atoms with Crippen molar-refractivity contribution in [3.8, 4) is 11.3 Å². The van der Waals surface area contributed by atoms with Crippen LogP contribution in [0.4, 0.5) is 0 Å². The van der Waals surface area contributed by atoms with Gasteiger partial charge in [-0.25, -0.2) is 8.42 Å². The molecule has 4 rings (SSSR count). The third-order valence-electron chi connectivity index (χ3n) is 4.92. The van der Waals surface area contributed by atoms with E-state index in [1.165, 1.54) is 0 Å². The van der Waals surface area contributed by atoms with E-state index in [0.29, 0.717) is 32.7 Å². The van der Waals surface area contributed by atoms with Crippen LogP contribution in [0.2, 0.25) is 0 Å². The normalized spacial score (nSPS) is 16.3. The highest BCUT2D eigenvalue weighted by Crippen LogP contribution is 2.20. The van der Waals surface area contributed by atoms with Gasteiger partial charge < -0.3 is 4.52 Å². The molecule has 28 heavy (non-hydrogen) atoms. The summed E-state index contributed by atoms with van der Waals surface area (Å²) in [6.45, 7) is 2.97. The molecule has 0 aliphatic carbocycles. The van der Waals surface area contributed by atoms with Gasteiger partial charge in [0.05, 0.1) is 12.3 Å². The maximum atomic E-state index is 12.7. The lowest BCUT2D eigenvalue weighted by Gasteiger charge is -2.33. The lowest BCUT2D eigenvalue weighted by atomic mass is 10.1. The Morgan fingerprint density at radius 2 is 1.54 bits per heavy atom. The second kappa shape index (κ2) is 8.26. The topological polar surface area (TPSA) is 66.7 Å². The molecule has 146 valence electrons. The SMILES string of the molecule is O=S(=O)(Cc1ccccc1)N1CCN(Cc2cc(-c3ccccc3)no2)CC1. The van der Waals surface area contributed by atoms with Gasteiger partial charge in [-0.05, 0) is 5.56 Å². The lowest BCUT2D eigenvalue weighted by Crippen LogP contribution is -2.48. The molecule has 0 amide bonds. The Morgan fingerprint density at radius 1 is 0.893 bits per heavy atom. The third-order valence-corrected chi connectivity index (χ3v) is 6.77. The van der Waals surface area contributed by atoms with Crippen molar-refractivity contribution in [2.45, 2.75) is 12.3 Å². The van der Waals surface area contributed by atoms with Gasteiger partial charge in [0.2, 0.25) is 10.0 Å². The Bertz CT molecular complexity index is 996. The molecule has 1 aliphatic heterocycles. The molecule has 1 aromatic heterocycles. The standard InChI is InChI=1S/C21H23N3O3S/c25-28(26,17-18-7-3-1-4-8-18)24-13-11-23(12-14-24)16-20-15-21(22-27-20)19-9-5-2-6-10-19/h1-10,15H,11-14,16-17H2. The number of nitrogens with zero attached hydrogens (tertiary/aromatic N) is 3. The van der Waals surface area contributed by atoms with Gasteiger partial charge in [-0.1, -0.05) is 65.8 Å². The van der Waals surface area contributed by atoms with Crippen LogP contribution in [0.15, 0.2) is 71.3 Å². The second-order valence-electron chi connectivity index (χ2n) is 6.96. The van der Waals surface area contributed by atoms with E-state index in [2.05, 4.69) is 10.1 Å². The van der Waals surface area contributed by atoms with Crippen LogP contribution in [0.1, 0.15) is 11.3 Å². The molecule has 0 N–H and O–H groups in total. The van der Waals surface area contributed by atoms with Crippen LogP contribution in [0.25, 0.3) is 11.3 Å². The summed E-state index contributed by atoms with van der Waals surface area (Å²) in [5, 5.41) is 4.15. The summed E-state index contributed by atoms with van der Waals surface area (Å²) in [6, 6.07) is 21.2. The highest BCUT2D eigenvalue weighted by Gasteiger charge is 2.27. The first-order valence-corrected chi connectivity index (χ1v) is 11.0. The summed E-state index contributed by atoms with van der Waals surface area (Å²) < 4.78 is 32.4. The first-order valence-electron chi connectivity index (χ1n) is 9.35. The van der Waals surface area contributed by atoms with E-state index in [1.807, 2.05) is 66.7 Å². The molecular weight excluding hydrogens is 374 g/mol. The van der Waals surface area contributed by atoms with Crippen molar-refractivity contribution < 1.29 is 12.9 Å². The molecule has 0 spiro atoms. The molecule has 0 radical (unpaired) electrons. The van der Waals surface area contributed by atoms with E-state index >= 15 is 0 Å². The molecule has 0 unspecified atom stereocenters. The fourth-order valence-corrected chi connectivity index (χ4v) is 4.91. The first-order chi connectivity index (χ1) is 13.6. The van der Waals surface area contributed by atoms with Crippen LogP contribution < -0.4 is 0 Å². The molecule has 0 atom stereocenters. The number of benzene rings is 2. The van der Waals surface area contributed by atoms with Gasteiger partial charge in [0.25, 0.3) is 0 Å². The average Bonchev–Trinajstić information content (AvgIpc) is 3.18. The number of hydrogen-bond acceptors (Lipinski definition) is 5. The Morgan fingerprint density at radius 3 is 2.21 bits per heavy atom. The summed E-state index contributed by atoms with van der Waals surface area (Å²) in [6.07, 6.45) is 0. The Balaban J connectivity index is 1.33. The van der Waals surface area contributed by atoms with Crippen molar-refractivity contribution in [1.29, 1.82) is 0 Å². The Hall–Kier alpha value is -2.48. The minimum atomic E-state index is -3.29. The predicted octanol–water partition coefficient (Wildman–Crippen LogP) is 2.99. The van der Waals surface area contributed by atoms with E-state index in [4.69, 9.17) is 4.52 Å². The largest absolute Gasteiger partial charge is 0.359 e. The highest BCUT2D eigenvalue weighted by molar-refractivity contribution is 7.88. The fraction of sp³-hybridized carbons (Fsp3) is 0.286. The van der Waals surface area contributed by atoms with Crippen LogP contribution in [0, 0.1) is 0 Å². The lowest BCUT2D eigenvalue weighted by molar-refractivity contribution is 0.166. The van der Waals surface area contributed by atoms with Gasteiger partial charge in [0.1, 0.15) is 5.69 Å². The molecule has 2 aromatic carbocycles. The molecule has 1 aliphatic rings. The van der Waals surface area contributed by atoms with Gasteiger partial charge in [-0.3, -0.25) is 4.90 Å². The zero-order chi connectivity index (χ0) is 19.4. The van der Waals surface area contributed by atoms with Crippen LogP contribution in [0.5, 0.6) is 0 Å². The van der Waals surface area contributed by atoms with Crippen molar-refractivity contribution in [3.63, 3.8) is 0 Å². The molecular formula is C21H23N3O3S. The van der Waals surface area contributed by atoms with Crippen molar-refractivity contribution in [2.75, 3.05) is 26.2 Å². The second-order valence-corrected chi connectivity index (χ2v) is 8.93. The van der Waals surface area contributed by atoms with E-state index in [-0.39, 0.29) is 5.75 Å². The molecule has 3 aromatic rings. The van der Waals surface area contributed by atoms with Crippen molar-refractivity contribution >= 4 is 10.0 Å². The highest BCUT2D eigenvalue weighted by atomic mass is 32.2.